The van der Waals surface area contributed by atoms with E-state index in [-0.39, 0.29) is 11.7 Å². The predicted octanol–water partition coefficient (Wildman–Crippen LogP) is 7.96. The van der Waals surface area contributed by atoms with Gasteiger partial charge in [0.2, 0.25) is 0 Å². The predicted molar refractivity (Wildman–Crippen MR) is 124 cm³/mol. The number of rotatable bonds is 8. The van der Waals surface area contributed by atoms with Crippen molar-refractivity contribution in [3.63, 3.8) is 0 Å². The molecule has 28 heavy (non-hydrogen) atoms. The lowest BCUT2D eigenvalue weighted by Crippen LogP contribution is -2.09. The van der Waals surface area contributed by atoms with Crippen LogP contribution < -0.4 is 0 Å². The van der Waals surface area contributed by atoms with Gasteiger partial charge in [0.25, 0.3) is 0 Å². The highest BCUT2D eigenvalue weighted by Gasteiger charge is 2.19. The van der Waals surface area contributed by atoms with Gasteiger partial charge < -0.3 is 0 Å². The van der Waals surface area contributed by atoms with Crippen LogP contribution >= 0.6 is 31.9 Å². The first-order valence-electron chi connectivity index (χ1n) is 9.70. The van der Waals surface area contributed by atoms with Crippen LogP contribution in [-0.2, 0) is 6.42 Å². The first-order valence-corrected chi connectivity index (χ1v) is 11.3. The molecule has 0 aromatic heterocycles. The second-order valence-corrected chi connectivity index (χ2v) is 8.91. The minimum Gasteiger partial charge on any atom is -0.294 e. The summed E-state index contributed by atoms with van der Waals surface area (Å²) in [5.74, 6) is 0.208. The van der Waals surface area contributed by atoms with Crippen LogP contribution in [0.4, 0.5) is 0 Å². The normalized spacial score (nSPS) is 12.0. The molecule has 0 bridgehead atoms. The van der Waals surface area contributed by atoms with Crippen molar-refractivity contribution in [1.29, 1.82) is 0 Å². The summed E-state index contributed by atoms with van der Waals surface area (Å²) in [7, 11) is 0. The number of hydrogen-bond donors (Lipinski definition) is 0. The molecule has 3 aromatic carbocycles. The lowest BCUT2D eigenvalue weighted by atomic mass is 9.85. The summed E-state index contributed by atoms with van der Waals surface area (Å²) in [5, 5.41) is 0. The van der Waals surface area contributed by atoms with E-state index >= 15 is 0 Å². The molecule has 144 valence electrons. The maximum Gasteiger partial charge on any atom is 0.163 e. The maximum absolute atomic E-state index is 13.0. The van der Waals surface area contributed by atoms with Crippen LogP contribution in [0.1, 0.15) is 59.2 Å². The Morgan fingerprint density at radius 3 is 1.82 bits per heavy atom. The fourth-order valence-electron chi connectivity index (χ4n) is 3.36. The third kappa shape index (κ3) is 5.65. The lowest BCUT2D eigenvalue weighted by molar-refractivity contribution is 0.0977. The first-order chi connectivity index (χ1) is 13.6. The minimum absolute atomic E-state index is 0.0458. The van der Waals surface area contributed by atoms with Gasteiger partial charge in [-0.3, -0.25) is 4.79 Å². The Balaban J connectivity index is 1.87. The van der Waals surface area contributed by atoms with Crippen molar-refractivity contribution in [3.8, 4) is 0 Å². The Bertz CT molecular complexity index is 897. The molecule has 0 saturated carbocycles. The SMILES string of the molecule is CCCCc1ccc([C@H](CC(=O)c2ccc(Br)cc2)c2ccc(Br)cc2)cc1. The largest absolute Gasteiger partial charge is 0.294 e. The number of benzene rings is 3. The van der Waals surface area contributed by atoms with Gasteiger partial charge >= 0.3 is 0 Å². The third-order valence-electron chi connectivity index (χ3n) is 5.03. The third-order valence-corrected chi connectivity index (χ3v) is 6.09. The van der Waals surface area contributed by atoms with E-state index in [1.165, 1.54) is 24.0 Å². The summed E-state index contributed by atoms with van der Waals surface area (Å²) in [6.45, 7) is 2.21. The average molecular weight is 500 g/mol. The molecular weight excluding hydrogens is 476 g/mol. The smallest absolute Gasteiger partial charge is 0.163 e. The molecule has 0 saturated heterocycles. The van der Waals surface area contributed by atoms with E-state index in [0.717, 1.165) is 26.5 Å². The molecule has 1 nitrogen and oxygen atoms in total. The number of carbonyl (C=O) groups excluding carboxylic acids is 1. The molecule has 3 aromatic rings. The maximum atomic E-state index is 13.0. The zero-order valence-corrected chi connectivity index (χ0v) is 19.2. The van der Waals surface area contributed by atoms with Crippen LogP contribution in [0.3, 0.4) is 0 Å². The van der Waals surface area contributed by atoms with E-state index in [1.807, 2.05) is 36.4 Å². The highest BCUT2D eigenvalue weighted by Crippen LogP contribution is 2.31. The molecule has 0 spiro atoms. The van der Waals surface area contributed by atoms with Crippen molar-refractivity contribution in [2.24, 2.45) is 0 Å². The second-order valence-electron chi connectivity index (χ2n) is 7.08. The van der Waals surface area contributed by atoms with Crippen LogP contribution in [0, 0.1) is 0 Å². The fourth-order valence-corrected chi connectivity index (χ4v) is 3.89. The zero-order valence-electron chi connectivity index (χ0n) is 16.0. The van der Waals surface area contributed by atoms with Crippen LogP contribution in [0.2, 0.25) is 0 Å². The van der Waals surface area contributed by atoms with Crippen molar-refractivity contribution in [1.82, 2.24) is 0 Å². The van der Waals surface area contributed by atoms with Gasteiger partial charge in [-0.05, 0) is 53.8 Å². The van der Waals surface area contributed by atoms with E-state index in [2.05, 4.69) is 75.2 Å². The molecule has 0 fully saturated rings. The highest BCUT2D eigenvalue weighted by atomic mass is 79.9. The van der Waals surface area contributed by atoms with E-state index in [1.54, 1.807) is 0 Å². The van der Waals surface area contributed by atoms with E-state index in [0.29, 0.717) is 6.42 Å². The van der Waals surface area contributed by atoms with Crippen LogP contribution in [0.25, 0.3) is 0 Å². The Kier molecular flexibility index (Phi) is 7.64. The number of carbonyl (C=O) groups is 1. The van der Waals surface area contributed by atoms with Crippen molar-refractivity contribution in [2.45, 2.75) is 38.5 Å². The number of halogens is 2. The van der Waals surface area contributed by atoms with Crippen LogP contribution in [0.5, 0.6) is 0 Å². The van der Waals surface area contributed by atoms with Gasteiger partial charge in [-0.1, -0.05) is 93.7 Å². The fraction of sp³-hybridized carbons (Fsp3) is 0.240. The minimum atomic E-state index is 0.0458. The summed E-state index contributed by atoms with van der Waals surface area (Å²) >= 11 is 6.94. The van der Waals surface area contributed by atoms with Gasteiger partial charge in [-0.2, -0.15) is 0 Å². The van der Waals surface area contributed by atoms with Crippen LogP contribution in [0.15, 0.2) is 81.7 Å². The number of unbranched alkanes of at least 4 members (excludes halogenated alkanes) is 1. The molecule has 0 heterocycles. The molecule has 3 rings (SSSR count). The molecule has 0 aliphatic heterocycles. The van der Waals surface area contributed by atoms with Crippen molar-refractivity contribution in [2.75, 3.05) is 0 Å². The Labute approximate surface area is 184 Å². The molecule has 0 aliphatic carbocycles. The second kappa shape index (κ2) is 10.2. The van der Waals surface area contributed by atoms with Gasteiger partial charge in [0, 0.05) is 26.8 Å². The van der Waals surface area contributed by atoms with Gasteiger partial charge in [-0.25, -0.2) is 0 Å². The number of Topliss-reactive ketones (excluding diaryl/α,β-unsaturated/α-hetero) is 1. The summed E-state index contributed by atoms with van der Waals surface area (Å²) in [6.07, 6.45) is 3.97. The monoisotopic (exact) mass is 498 g/mol. The van der Waals surface area contributed by atoms with E-state index in [9.17, 15) is 4.79 Å². The standard InChI is InChI=1S/C25H24Br2O/c1-2-3-4-18-5-7-19(8-6-18)24(20-9-13-22(26)14-10-20)17-25(28)21-11-15-23(27)16-12-21/h5-16,24H,2-4,17H2,1H3/t24-/m0/s1. The topological polar surface area (TPSA) is 17.1 Å². The lowest BCUT2D eigenvalue weighted by Gasteiger charge is -2.18. The summed E-state index contributed by atoms with van der Waals surface area (Å²) in [5.41, 5.74) is 4.47. The molecule has 3 heteroatoms. The summed E-state index contributed by atoms with van der Waals surface area (Å²) < 4.78 is 2.03. The molecule has 0 radical (unpaired) electrons. The summed E-state index contributed by atoms with van der Waals surface area (Å²) in [4.78, 5) is 13.0. The zero-order chi connectivity index (χ0) is 19.9. The molecule has 0 unspecified atom stereocenters. The molecular formula is C25H24Br2O. The molecule has 0 aliphatic rings. The number of aryl methyl sites for hydroxylation is 1. The Hall–Kier alpha value is -1.71. The van der Waals surface area contributed by atoms with Gasteiger partial charge in [0.1, 0.15) is 0 Å². The summed E-state index contributed by atoms with van der Waals surface area (Å²) in [6, 6.07) is 24.7. The van der Waals surface area contributed by atoms with Crippen molar-refractivity contribution >= 4 is 37.6 Å². The van der Waals surface area contributed by atoms with Gasteiger partial charge in [-0.15, -0.1) is 0 Å². The average Bonchev–Trinajstić information content (AvgIpc) is 2.72. The Morgan fingerprint density at radius 1 is 0.786 bits per heavy atom. The molecule has 1 atom stereocenters. The van der Waals surface area contributed by atoms with Crippen molar-refractivity contribution in [3.05, 3.63) is 104 Å². The van der Waals surface area contributed by atoms with Gasteiger partial charge in [0.15, 0.2) is 5.78 Å². The molecule has 0 amide bonds. The van der Waals surface area contributed by atoms with E-state index < -0.39 is 0 Å². The number of ketones is 1. The quantitative estimate of drug-likeness (QED) is 0.287. The van der Waals surface area contributed by atoms with E-state index in [4.69, 9.17) is 0 Å². The van der Waals surface area contributed by atoms with Crippen molar-refractivity contribution < 1.29 is 4.79 Å². The van der Waals surface area contributed by atoms with Gasteiger partial charge in [0.05, 0.1) is 0 Å². The Morgan fingerprint density at radius 2 is 1.29 bits per heavy atom. The molecule has 0 N–H and O–H groups in total. The van der Waals surface area contributed by atoms with Crippen LogP contribution in [-0.4, -0.2) is 5.78 Å². The first kappa shape index (κ1) is 21.0. The number of hydrogen-bond acceptors (Lipinski definition) is 1. The highest BCUT2D eigenvalue weighted by molar-refractivity contribution is 9.10.